The van der Waals surface area contributed by atoms with Crippen molar-refractivity contribution < 1.29 is 79.1 Å². The molecule has 48 heavy (non-hydrogen) atoms. The molecule has 3 aliphatic rings. The first kappa shape index (κ1) is 36.4. The largest absolute Gasteiger partial charge is 0.493 e. The van der Waals surface area contributed by atoms with Gasteiger partial charge in [-0.2, -0.15) is 0 Å². The van der Waals surface area contributed by atoms with Gasteiger partial charge in [0.2, 0.25) is 12.6 Å². The minimum atomic E-state index is -1.61. The van der Waals surface area contributed by atoms with Crippen molar-refractivity contribution >= 4 is 0 Å². The van der Waals surface area contributed by atoms with Crippen LogP contribution in [-0.4, -0.2) is 148 Å². The molecule has 0 aromatic heterocycles. The second-order valence-electron chi connectivity index (χ2n) is 12.1. The molecule has 3 saturated heterocycles. The smallest absolute Gasteiger partial charge is 0.229 e. The molecule has 3 aliphatic heterocycles. The second-order valence-corrected chi connectivity index (χ2v) is 12.1. The molecule has 2 aromatic carbocycles. The Kier molecular flexibility index (Phi) is 12.0. The predicted molar refractivity (Wildman–Crippen MR) is 161 cm³/mol. The van der Waals surface area contributed by atoms with Crippen molar-refractivity contribution in [3.63, 3.8) is 0 Å². The van der Waals surface area contributed by atoms with Gasteiger partial charge in [-0.3, -0.25) is 0 Å². The average molecular weight is 685 g/mol. The van der Waals surface area contributed by atoms with Crippen molar-refractivity contribution in [1.29, 1.82) is 0 Å². The third-order valence-electron chi connectivity index (χ3n) is 9.12. The van der Waals surface area contributed by atoms with E-state index in [-0.39, 0.29) is 35.7 Å². The summed E-state index contributed by atoms with van der Waals surface area (Å²) >= 11 is 0. The Hall–Kier alpha value is -2.84. The van der Waals surface area contributed by atoms with E-state index >= 15 is 0 Å². The molecular formula is C32H44O16. The fraction of sp³-hybridized carbons (Fsp3) is 0.625. The fourth-order valence-electron chi connectivity index (χ4n) is 6.30. The molecule has 0 amide bonds. The SMILES string of the molecule is COc1cc([C@H]2OC[C@H](Cc3ccc(O[C@H]4O[C@H](CO)[C@@H](O)[C@H](O)[C@H]4O)c(OC)c3)[C@@H]2CO)ccc1O[C@@H]1O[C@H](CO)[C@@H](O)[C@H](O)[C@H]1O. The van der Waals surface area contributed by atoms with Gasteiger partial charge < -0.3 is 79.1 Å². The summed E-state index contributed by atoms with van der Waals surface area (Å²) in [4.78, 5) is 0. The monoisotopic (exact) mass is 684 g/mol. The molecule has 3 fully saturated rings. The Labute approximate surface area is 276 Å². The van der Waals surface area contributed by atoms with Crippen molar-refractivity contribution in [3.8, 4) is 23.0 Å². The highest BCUT2D eigenvalue weighted by Gasteiger charge is 2.46. The topological polar surface area (TPSA) is 247 Å². The van der Waals surface area contributed by atoms with Gasteiger partial charge >= 0.3 is 0 Å². The van der Waals surface area contributed by atoms with Gasteiger partial charge in [0, 0.05) is 12.5 Å². The zero-order chi connectivity index (χ0) is 34.7. The molecule has 2 aromatic rings. The standard InChI is InChI=1S/C32H44O16/c1-42-20-8-14(3-5-18(20)45-31-28(40)26(38)24(36)22(11-34)47-31)7-16-13-44-30(17(16)10-33)15-4-6-19(21(9-15)43-2)46-32-29(41)27(39)25(37)23(12-35)48-32/h3-6,8-9,16-17,22-41H,7,10-13H2,1-2H3/t16-,17-,22+,23+,24+,25+,26-,27-,28+,29+,30+,31-,32+/m0/s1. The van der Waals surface area contributed by atoms with Gasteiger partial charge in [-0.15, -0.1) is 0 Å². The first-order valence-electron chi connectivity index (χ1n) is 15.6. The van der Waals surface area contributed by atoms with Crippen molar-refractivity contribution in [3.05, 3.63) is 47.5 Å². The summed E-state index contributed by atoms with van der Waals surface area (Å²) in [7, 11) is 2.85. The van der Waals surface area contributed by atoms with Crippen molar-refractivity contribution in [2.75, 3.05) is 40.6 Å². The molecule has 0 unspecified atom stereocenters. The Morgan fingerprint density at radius 2 is 1.15 bits per heavy atom. The van der Waals surface area contributed by atoms with E-state index in [1.807, 2.05) is 0 Å². The number of hydrogen-bond donors (Lipinski definition) is 9. The maximum absolute atomic E-state index is 10.4. The maximum atomic E-state index is 10.4. The van der Waals surface area contributed by atoms with Crippen LogP contribution in [0.2, 0.25) is 0 Å². The zero-order valence-corrected chi connectivity index (χ0v) is 26.4. The molecule has 268 valence electrons. The second kappa shape index (κ2) is 15.8. The van der Waals surface area contributed by atoms with Crippen LogP contribution >= 0.6 is 0 Å². The lowest BCUT2D eigenvalue weighted by atomic mass is 9.84. The number of aliphatic hydroxyl groups is 9. The highest BCUT2D eigenvalue weighted by molar-refractivity contribution is 5.45. The molecule has 5 rings (SSSR count). The molecule has 9 N–H and O–H groups in total. The molecule has 0 saturated carbocycles. The zero-order valence-electron chi connectivity index (χ0n) is 26.4. The van der Waals surface area contributed by atoms with Crippen LogP contribution in [0.5, 0.6) is 23.0 Å². The minimum Gasteiger partial charge on any atom is -0.493 e. The van der Waals surface area contributed by atoms with Gasteiger partial charge in [0.05, 0.1) is 40.1 Å². The number of hydrogen-bond acceptors (Lipinski definition) is 16. The summed E-state index contributed by atoms with van der Waals surface area (Å²) in [6.07, 6.45) is -14.5. The number of ether oxygens (including phenoxy) is 7. The molecule has 0 aliphatic carbocycles. The van der Waals surface area contributed by atoms with Crippen LogP contribution in [0.1, 0.15) is 17.2 Å². The van der Waals surface area contributed by atoms with Gasteiger partial charge in [-0.25, -0.2) is 0 Å². The molecule has 16 heteroatoms. The lowest BCUT2D eigenvalue weighted by Crippen LogP contribution is -2.60. The molecule has 0 spiro atoms. The maximum Gasteiger partial charge on any atom is 0.229 e. The third kappa shape index (κ3) is 7.35. The van der Waals surface area contributed by atoms with Crippen molar-refractivity contribution in [2.45, 2.75) is 73.9 Å². The van der Waals surface area contributed by atoms with E-state index in [1.54, 1.807) is 36.4 Å². The normalized spacial score (nSPS) is 36.9. The molecule has 13 atom stereocenters. The fourth-order valence-corrected chi connectivity index (χ4v) is 6.30. The van der Waals surface area contributed by atoms with Crippen LogP contribution in [0.3, 0.4) is 0 Å². The van der Waals surface area contributed by atoms with Crippen LogP contribution in [0.4, 0.5) is 0 Å². The summed E-state index contributed by atoms with van der Waals surface area (Å²) in [6.45, 7) is -1.05. The van der Waals surface area contributed by atoms with Crippen LogP contribution in [0.15, 0.2) is 36.4 Å². The van der Waals surface area contributed by atoms with Gasteiger partial charge in [0.1, 0.15) is 48.8 Å². The summed E-state index contributed by atoms with van der Waals surface area (Å²) in [6, 6.07) is 10.1. The van der Waals surface area contributed by atoms with Gasteiger partial charge in [0.25, 0.3) is 0 Å². The number of methoxy groups -OCH3 is 2. The summed E-state index contributed by atoms with van der Waals surface area (Å²) < 4.78 is 39.6. The van der Waals surface area contributed by atoms with E-state index in [9.17, 15) is 46.0 Å². The minimum absolute atomic E-state index is 0.113. The van der Waals surface area contributed by atoms with Crippen LogP contribution in [0.25, 0.3) is 0 Å². The van der Waals surface area contributed by atoms with Gasteiger partial charge in [0.15, 0.2) is 23.0 Å². The summed E-state index contributed by atoms with van der Waals surface area (Å²) in [5.74, 6) is 0.496. The van der Waals surface area contributed by atoms with Gasteiger partial charge in [-0.1, -0.05) is 12.1 Å². The van der Waals surface area contributed by atoms with E-state index in [0.29, 0.717) is 24.3 Å². The van der Waals surface area contributed by atoms with E-state index < -0.39 is 80.7 Å². The lowest BCUT2D eigenvalue weighted by Gasteiger charge is -2.39. The Bertz CT molecular complexity index is 1340. The Morgan fingerprint density at radius 1 is 0.625 bits per heavy atom. The van der Waals surface area contributed by atoms with E-state index in [1.165, 1.54) is 14.2 Å². The first-order chi connectivity index (χ1) is 23.0. The highest BCUT2D eigenvalue weighted by atomic mass is 16.7. The molecule has 3 heterocycles. The first-order valence-corrected chi connectivity index (χ1v) is 15.6. The predicted octanol–water partition coefficient (Wildman–Crippen LogP) is -2.40. The molecule has 0 bridgehead atoms. The van der Waals surface area contributed by atoms with E-state index in [4.69, 9.17) is 33.2 Å². The number of benzene rings is 2. The lowest BCUT2D eigenvalue weighted by molar-refractivity contribution is -0.277. The van der Waals surface area contributed by atoms with Crippen molar-refractivity contribution in [1.82, 2.24) is 0 Å². The van der Waals surface area contributed by atoms with E-state index in [0.717, 1.165) is 5.56 Å². The molecular weight excluding hydrogens is 640 g/mol. The quantitative estimate of drug-likeness (QED) is 0.113. The Balaban J connectivity index is 1.26. The molecule has 16 nitrogen and oxygen atoms in total. The average Bonchev–Trinajstić information content (AvgIpc) is 3.51. The van der Waals surface area contributed by atoms with Crippen LogP contribution < -0.4 is 18.9 Å². The Morgan fingerprint density at radius 3 is 1.65 bits per heavy atom. The summed E-state index contributed by atoms with van der Waals surface area (Å²) in [5, 5.41) is 90.4. The van der Waals surface area contributed by atoms with Crippen LogP contribution in [-0.2, 0) is 20.6 Å². The third-order valence-corrected chi connectivity index (χ3v) is 9.12. The number of aliphatic hydroxyl groups excluding tert-OH is 9. The van der Waals surface area contributed by atoms with Gasteiger partial charge in [-0.05, 0) is 47.7 Å². The highest BCUT2D eigenvalue weighted by Crippen LogP contribution is 2.43. The van der Waals surface area contributed by atoms with Crippen LogP contribution in [0, 0.1) is 11.8 Å². The summed E-state index contributed by atoms with van der Waals surface area (Å²) in [5.41, 5.74) is 1.52. The number of rotatable bonds is 12. The molecule has 0 radical (unpaired) electrons. The van der Waals surface area contributed by atoms with E-state index in [2.05, 4.69) is 0 Å². The van der Waals surface area contributed by atoms with Crippen molar-refractivity contribution in [2.24, 2.45) is 11.8 Å².